The van der Waals surface area contributed by atoms with Gasteiger partial charge in [0.25, 0.3) is 0 Å². The van der Waals surface area contributed by atoms with E-state index in [0.717, 1.165) is 36.4 Å². The molecule has 0 amide bonds. The highest BCUT2D eigenvalue weighted by Gasteiger charge is 2.36. The van der Waals surface area contributed by atoms with Gasteiger partial charge in [-0.2, -0.15) is 0 Å². The minimum atomic E-state index is -2.25. The molecule has 0 bridgehead atoms. The Balaban J connectivity index is 1.70. The van der Waals surface area contributed by atoms with Crippen molar-refractivity contribution in [2.45, 2.75) is 110 Å². The van der Waals surface area contributed by atoms with Gasteiger partial charge in [0.2, 0.25) is 0 Å². The maximum absolute atomic E-state index is 6.71. The number of para-hydroxylation sites is 1. The van der Waals surface area contributed by atoms with Gasteiger partial charge in [-0.1, -0.05) is 140 Å². The average Bonchev–Trinajstić information content (AvgIpc) is 2.87. The summed E-state index contributed by atoms with van der Waals surface area (Å²) in [5.41, 5.74) is 2.36. The summed E-state index contributed by atoms with van der Waals surface area (Å²) in [6, 6.07) is 20.9. The number of unbranched alkanes of at least 4 members (excludes halogenated alkanes) is 11. The van der Waals surface area contributed by atoms with E-state index in [1.807, 2.05) is 0 Å². The van der Waals surface area contributed by atoms with E-state index in [0.29, 0.717) is 0 Å². The van der Waals surface area contributed by atoms with Crippen LogP contribution in [0.3, 0.4) is 0 Å². The van der Waals surface area contributed by atoms with Gasteiger partial charge in [0, 0.05) is 12.2 Å². The summed E-state index contributed by atoms with van der Waals surface area (Å²) >= 11 is 0. The van der Waals surface area contributed by atoms with Gasteiger partial charge in [-0.15, -0.1) is 0 Å². The van der Waals surface area contributed by atoms with E-state index in [4.69, 9.17) is 8.85 Å². The summed E-state index contributed by atoms with van der Waals surface area (Å²) in [5.74, 6) is 0.966. The van der Waals surface area contributed by atoms with E-state index in [1.54, 1.807) is 0 Å². The fourth-order valence-electron chi connectivity index (χ4n) is 4.44. The summed E-state index contributed by atoms with van der Waals surface area (Å²) in [6.07, 6.45) is 16.4. The molecule has 3 heteroatoms. The molecule has 0 aliphatic heterocycles. The summed E-state index contributed by atoms with van der Waals surface area (Å²) in [6.45, 7) is 7.57. The van der Waals surface area contributed by atoms with Crippen molar-refractivity contribution in [1.82, 2.24) is 0 Å². The normalized spacial score (nSPS) is 11.6. The van der Waals surface area contributed by atoms with Gasteiger partial charge in [-0.25, -0.2) is 0 Å². The minimum Gasteiger partial charge on any atom is -0.520 e. The van der Waals surface area contributed by atoms with E-state index in [-0.39, 0.29) is 0 Å². The van der Waals surface area contributed by atoms with Crippen molar-refractivity contribution in [2.24, 2.45) is 0 Å². The van der Waals surface area contributed by atoms with Crippen LogP contribution in [-0.4, -0.2) is 15.2 Å². The first-order chi connectivity index (χ1) is 16.2. The number of benzene rings is 2. The molecule has 0 spiro atoms. The standard InChI is InChI=1S/C30H48O2Si/c1-4-7-8-9-10-11-12-13-14-15-16-22-27-31-33(5-2,6-3)32-30-26-21-20-25-29(30)28-23-18-17-19-24-28/h17-21,23-26H,4-16,22,27H2,1-3H3. The highest BCUT2D eigenvalue weighted by atomic mass is 28.4. The fourth-order valence-corrected chi connectivity index (χ4v) is 6.79. The molecule has 0 unspecified atom stereocenters. The van der Waals surface area contributed by atoms with Crippen LogP contribution in [0.5, 0.6) is 5.75 Å². The van der Waals surface area contributed by atoms with Crippen LogP contribution in [0.15, 0.2) is 54.6 Å². The van der Waals surface area contributed by atoms with E-state index in [2.05, 4.69) is 75.4 Å². The molecule has 0 aromatic heterocycles. The molecule has 2 rings (SSSR count). The summed E-state index contributed by atoms with van der Waals surface area (Å²) in [5, 5.41) is 0. The van der Waals surface area contributed by atoms with Crippen LogP contribution in [0, 0.1) is 0 Å². The lowest BCUT2D eigenvalue weighted by atomic mass is 10.1. The highest BCUT2D eigenvalue weighted by molar-refractivity contribution is 6.68. The molecule has 184 valence electrons. The minimum absolute atomic E-state index is 0.832. The lowest BCUT2D eigenvalue weighted by Crippen LogP contribution is -2.44. The number of rotatable bonds is 19. The molecule has 0 aliphatic carbocycles. The predicted octanol–water partition coefficient (Wildman–Crippen LogP) is 9.93. The van der Waals surface area contributed by atoms with E-state index < -0.39 is 8.56 Å². The quantitative estimate of drug-likeness (QED) is 0.151. The van der Waals surface area contributed by atoms with E-state index in [1.165, 1.54) is 76.2 Å². The van der Waals surface area contributed by atoms with Gasteiger partial charge in [0.05, 0.1) is 0 Å². The summed E-state index contributed by atoms with van der Waals surface area (Å²) in [4.78, 5) is 0. The van der Waals surface area contributed by atoms with Crippen LogP contribution in [0.4, 0.5) is 0 Å². The van der Waals surface area contributed by atoms with Gasteiger partial charge >= 0.3 is 8.56 Å². The lowest BCUT2D eigenvalue weighted by molar-refractivity contribution is 0.230. The van der Waals surface area contributed by atoms with Gasteiger partial charge in [-0.05, 0) is 30.1 Å². The molecule has 0 N–H and O–H groups in total. The molecule has 2 aromatic carbocycles. The third-order valence-electron chi connectivity index (χ3n) is 6.71. The average molecular weight is 469 g/mol. The smallest absolute Gasteiger partial charge is 0.398 e. The Morgan fingerprint density at radius 2 is 1.09 bits per heavy atom. The SMILES string of the molecule is CCCCCCCCCCCCCCO[Si](CC)(CC)Oc1ccccc1-c1ccccc1. The Kier molecular flexibility index (Phi) is 14.2. The second-order valence-corrected chi connectivity index (χ2v) is 13.0. The first-order valence-electron chi connectivity index (χ1n) is 13.7. The maximum atomic E-state index is 6.71. The molecule has 0 saturated carbocycles. The Bertz CT molecular complexity index is 727. The van der Waals surface area contributed by atoms with Crippen molar-refractivity contribution < 1.29 is 8.85 Å². The first kappa shape index (κ1) is 27.7. The Morgan fingerprint density at radius 3 is 1.67 bits per heavy atom. The van der Waals surface area contributed by atoms with Crippen LogP contribution in [0.25, 0.3) is 11.1 Å². The summed E-state index contributed by atoms with van der Waals surface area (Å²) in [7, 11) is -2.25. The van der Waals surface area contributed by atoms with Crippen molar-refractivity contribution in [3.8, 4) is 16.9 Å². The van der Waals surface area contributed by atoms with E-state index in [9.17, 15) is 0 Å². The second-order valence-electron chi connectivity index (χ2n) is 9.32. The molecular weight excluding hydrogens is 420 g/mol. The molecule has 0 fully saturated rings. The molecule has 0 atom stereocenters. The number of hydrogen-bond donors (Lipinski definition) is 0. The third kappa shape index (κ3) is 10.5. The lowest BCUT2D eigenvalue weighted by Gasteiger charge is -2.30. The molecule has 0 heterocycles. The zero-order valence-electron chi connectivity index (χ0n) is 21.6. The molecule has 0 radical (unpaired) electrons. The van der Waals surface area contributed by atoms with E-state index >= 15 is 0 Å². The van der Waals surface area contributed by atoms with Crippen LogP contribution in [0.2, 0.25) is 12.1 Å². The predicted molar refractivity (Wildman–Crippen MR) is 146 cm³/mol. The summed E-state index contributed by atoms with van der Waals surface area (Å²) < 4.78 is 13.2. The van der Waals surface area contributed by atoms with Gasteiger partial charge in [0.1, 0.15) is 5.75 Å². The van der Waals surface area contributed by atoms with Crippen molar-refractivity contribution in [3.05, 3.63) is 54.6 Å². The fraction of sp³-hybridized carbons (Fsp3) is 0.600. The van der Waals surface area contributed by atoms with Gasteiger partial charge in [-0.3, -0.25) is 0 Å². The van der Waals surface area contributed by atoms with Crippen molar-refractivity contribution in [1.29, 1.82) is 0 Å². The van der Waals surface area contributed by atoms with Crippen LogP contribution in [0.1, 0.15) is 97.8 Å². The Hall–Kier alpha value is -1.58. The number of hydrogen-bond acceptors (Lipinski definition) is 2. The molecule has 0 aliphatic rings. The van der Waals surface area contributed by atoms with Gasteiger partial charge < -0.3 is 8.85 Å². The second kappa shape index (κ2) is 16.9. The molecule has 2 nitrogen and oxygen atoms in total. The Labute approximate surface area is 205 Å². The highest BCUT2D eigenvalue weighted by Crippen LogP contribution is 2.33. The third-order valence-corrected chi connectivity index (χ3v) is 10.2. The Morgan fingerprint density at radius 1 is 0.576 bits per heavy atom. The van der Waals surface area contributed by atoms with Crippen molar-refractivity contribution in [3.63, 3.8) is 0 Å². The molecular formula is C30H48O2Si. The zero-order chi connectivity index (χ0) is 23.6. The topological polar surface area (TPSA) is 18.5 Å². The largest absolute Gasteiger partial charge is 0.520 e. The monoisotopic (exact) mass is 468 g/mol. The van der Waals surface area contributed by atoms with Crippen LogP contribution >= 0.6 is 0 Å². The molecule has 0 saturated heterocycles. The van der Waals surface area contributed by atoms with Crippen LogP contribution in [-0.2, 0) is 4.43 Å². The molecule has 2 aromatic rings. The zero-order valence-corrected chi connectivity index (χ0v) is 22.6. The van der Waals surface area contributed by atoms with Crippen LogP contribution < -0.4 is 4.43 Å². The first-order valence-corrected chi connectivity index (χ1v) is 15.9. The molecule has 33 heavy (non-hydrogen) atoms. The maximum Gasteiger partial charge on any atom is 0.398 e. The van der Waals surface area contributed by atoms with Crippen molar-refractivity contribution in [2.75, 3.05) is 6.61 Å². The van der Waals surface area contributed by atoms with Gasteiger partial charge in [0.15, 0.2) is 0 Å². The van der Waals surface area contributed by atoms with Crippen molar-refractivity contribution >= 4 is 8.56 Å².